The third-order valence-electron chi connectivity index (χ3n) is 5.35. The van der Waals surface area contributed by atoms with Crippen LogP contribution in [0.2, 0.25) is 0 Å². The SMILES string of the molecule is CC(C)N(C)S(=O)(=O)c1cccc(C(=O)N2CCCC3C(=O)NCC32)c1. The molecule has 0 bridgehead atoms. The summed E-state index contributed by atoms with van der Waals surface area (Å²) >= 11 is 0. The predicted molar refractivity (Wildman–Crippen MR) is 97.1 cm³/mol. The van der Waals surface area contributed by atoms with Crippen LogP contribution in [0.3, 0.4) is 0 Å². The first-order valence-electron chi connectivity index (χ1n) is 8.90. The Kier molecular flexibility index (Phi) is 5.07. The van der Waals surface area contributed by atoms with Gasteiger partial charge in [0, 0.05) is 31.7 Å². The summed E-state index contributed by atoms with van der Waals surface area (Å²) in [4.78, 5) is 26.7. The normalized spacial score (nSPS) is 23.3. The molecular weight excluding hydrogens is 354 g/mol. The first-order chi connectivity index (χ1) is 12.2. The quantitative estimate of drug-likeness (QED) is 0.848. The monoisotopic (exact) mass is 379 g/mol. The number of benzene rings is 1. The second kappa shape index (κ2) is 7.00. The fourth-order valence-corrected chi connectivity index (χ4v) is 5.02. The maximum Gasteiger partial charge on any atom is 0.254 e. The number of carbonyl (C=O) groups is 2. The second-order valence-electron chi connectivity index (χ2n) is 7.20. The van der Waals surface area contributed by atoms with Gasteiger partial charge in [0.05, 0.1) is 16.9 Å². The van der Waals surface area contributed by atoms with Gasteiger partial charge in [-0.3, -0.25) is 9.59 Å². The van der Waals surface area contributed by atoms with Gasteiger partial charge in [-0.1, -0.05) is 6.07 Å². The average Bonchev–Trinajstić information content (AvgIpc) is 3.01. The van der Waals surface area contributed by atoms with Crippen molar-refractivity contribution in [2.24, 2.45) is 5.92 Å². The molecule has 0 aromatic heterocycles. The van der Waals surface area contributed by atoms with E-state index in [1.54, 1.807) is 30.9 Å². The van der Waals surface area contributed by atoms with Gasteiger partial charge in [0.1, 0.15) is 0 Å². The molecule has 2 saturated heterocycles. The molecule has 1 aromatic rings. The summed E-state index contributed by atoms with van der Waals surface area (Å²) in [7, 11) is -2.13. The van der Waals surface area contributed by atoms with Crippen molar-refractivity contribution in [3.63, 3.8) is 0 Å². The Labute approximate surface area is 154 Å². The Morgan fingerprint density at radius 1 is 1.35 bits per heavy atom. The highest BCUT2D eigenvalue weighted by atomic mass is 32.2. The molecule has 1 aromatic carbocycles. The average molecular weight is 379 g/mol. The summed E-state index contributed by atoms with van der Waals surface area (Å²) in [5.74, 6) is -0.380. The number of rotatable bonds is 4. The van der Waals surface area contributed by atoms with E-state index in [1.165, 1.54) is 23.5 Å². The smallest absolute Gasteiger partial charge is 0.254 e. The molecule has 2 heterocycles. The van der Waals surface area contributed by atoms with Gasteiger partial charge in [-0.15, -0.1) is 0 Å². The van der Waals surface area contributed by atoms with E-state index < -0.39 is 10.0 Å². The standard InChI is InChI=1S/C18H25N3O4S/c1-12(2)20(3)26(24,25)14-7-4-6-13(10-14)18(23)21-9-5-8-15-16(21)11-19-17(15)22/h4,6-7,10,12,15-16H,5,8-9,11H2,1-3H3,(H,19,22). The second-order valence-corrected chi connectivity index (χ2v) is 9.20. The summed E-state index contributed by atoms with van der Waals surface area (Å²) in [6, 6.07) is 5.83. The third-order valence-corrected chi connectivity index (χ3v) is 7.38. The Balaban J connectivity index is 1.88. The van der Waals surface area contributed by atoms with Crippen molar-refractivity contribution in [2.75, 3.05) is 20.1 Å². The topological polar surface area (TPSA) is 86.8 Å². The minimum atomic E-state index is -3.66. The lowest BCUT2D eigenvalue weighted by molar-refractivity contribution is -0.123. The molecule has 2 unspecified atom stereocenters. The van der Waals surface area contributed by atoms with Crippen LogP contribution < -0.4 is 5.32 Å². The van der Waals surface area contributed by atoms with Crippen molar-refractivity contribution in [3.8, 4) is 0 Å². The first-order valence-corrected chi connectivity index (χ1v) is 10.3. The summed E-state index contributed by atoms with van der Waals surface area (Å²) in [5, 5.41) is 2.83. The van der Waals surface area contributed by atoms with Gasteiger partial charge in [0.15, 0.2) is 0 Å². The van der Waals surface area contributed by atoms with Gasteiger partial charge in [0.2, 0.25) is 15.9 Å². The zero-order chi connectivity index (χ0) is 19.1. The van der Waals surface area contributed by atoms with Gasteiger partial charge in [0.25, 0.3) is 5.91 Å². The van der Waals surface area contributed by atoms with E-state index in [4.69, 9.17) is 0 Å². The molecule has 2 aliphatic heterocycles. The van der Waals surface area contributed by atoms with Crippen molar-refractivity contribution in [3.05, 3.63) is 29.8 Å². The number of carbonyl (C=O) groups excluding carboxylic acids is 2. The highest BCUT2D eigenvalue weighted by Gasteiger charge is 2.42. The fraction of sp³-hybridized carbons (Fsp3) is 0.556. The highest BCUT2D eigenvalue weighted by molar-refractivity contribution is 7.89. The van der Waals surface area contributed by atoms with Crippen LogP contribution >= 0.6 is 0 Å². The molecule has 7 nitrogen and oxygen atoms in total. The lowest BCUT2D eigenvalue weighted by Crippen LogP contribution is -2.48. The van der Waals surface area contributed by atoms with Crippen LogP contribution in [0.1, 0.15) is 37.0 Å². The molecule has 8 heteroatoms. The zero-order valence-corrected chi connectivity index (χ0v) is 16.1. The van der Waals surface area contributed by atoms with Gasteiger partial charge in [-0.05, 0) is 44.9 Å². The van der Waals surface area contributed by atoms with Crippen molar-refractivity contribution in [1.29, 1.82) is 0 Å². The third kappa shape index (κ3) is 3.23. The molecule has 0 radical (unpaired) electrons. The highest BCUT2D eigenvalue weighted by Crippen LogP contribution is 2.29. The van der Waals surface area contributed by atoms with E-state index in [0.717, 1.165) is 12.8 Å². The molecule has 2 fully saturated rings. The van der Waals surface area contributed by atoms with E-state index >= 15 is 0 Å². The summed E-state index contributed by atoms with van der Waals surface area (Å²) in [6.07, 6.45) is 1.56. The minimum Gasteiger partial charge on any atom is -0.354 e. The van der Waals surface area contributed by atoms with E-state index in [1.807, 2.05) is 0 Å². The fourth-order valence-electron chi connectivity index (χ4n) is 3.60. The number of hydrogen-bond donors (Lipinski definition) is 1. The minimum absolute atomic E-state index is 0.00221. The Hall–Kier alpha value is -1.93. The molecule has 0 aliphatic carbocycles. The summed E-state index contributed by atoms with van der Waals surface area (Å²) in [6.45, 7) is 4.64. The maximum atomic E-state index is 13.0. The van der Waals surface area contributed by atoms with Crippen LogP contribution in [0, 0.1) is 5.92 Å². The number of hydrogen-bond acceptors (Lipinski definition) is 4. The summed E-state index contributed by atoms with van der Waals surface area (Å²) in [5.41, 5.74) is 0.336. The zero-order valence-electron chi connectivity index (χ0n) is 15.3. The molecule has 0 saturated carbocycles. The van der Waals surface area contributed by atoms with E-state index in [0.29, 0.717) is 18.7 Å². The number of nitrogens with zero attached hydrogens (tertiary/aromatic N) is 2. The van der Waals surface area contributed by atoms with E-state index in [-0.39, 0.29) is 34.7 Å². The lowest BCUT2D eigenvalue weighted by Gasteiger charge is -2.36. The largest absolute Gasteiger partial charge is 0.354 e. The molecule has 2 aliphatic rings. The number of nitrogens with one attached hydrogen (secondary N) is 1. The Bertz CT molecular complexity index is 821. The van der Waals surface area contributed by atoms with Crippen LogP contribution in [0.25, 0.3) is 0 Å². The molecule has 0 spiro atoms. The van der Waals surface area contributed by atoms with Crippen LogP contribution in [-0.4, -0.2) is 61.7 Å². The van der Waals surface area contributed by atoms with Gasteiger partial charge in [-0.25, -0.2) is 8.42 Å². The predicted octanol–water partition coefficient (Wildman–Crippen LogP) is 1.07. The maximum absolute atomic E-state index is 13.0. The number of likely N-dealkylation sites (tertiary alicyclic amines) is 1. The molecular formula is C18H25N3O4S. The van der Waals surface area contributed by atoms with E-state index in [2.05, 4.69) is 5.32 Å². The number of fused-ring (bicyclic) bond motifs is 1. The van der Waals surface area contributed by atoms with Crippen molar-refractivity contribution >= 4 is 21.8 Å². The first kappa shape index (κ1) is 18.8. The van der Waals surface area contributed by atoms with Gasteiger partial charge in [-0.2, -0.15) is 4.31 Å². The molecule has 2 amide bonds. The van der Waals surface area contributed by atoms with Crippen LogP contribution in [0.5, 0.6) is 0 Å². The number of piperidine rings is 1. The lowest BCUT2D eigenvalue weighted by atomic mass is 9.91. The Morgan fingerprint density at radius 3 is 2.77 bits per heavy atom. The van der Waals surface area contributed by atoms with Crippen LogP contribution in [-0.2, 0) is 14.8 Å². The Morgan fingerprint density at radius 2 is 2.08 bits per heavy atom. The number of amides is 2. The van der Waals surface area contributed by atoms with Crippen molar-refractivity contribution < 1.29 is 18.0 Å². The molecule has 2 atom stereocenters. The van der Waals surface area contributed by atoms with E-state index in [9.17, 15) is 18.0 Å². The number of sulfonamides is 1. The molecule has 1 N–H and O–H groups in total. The van der Waals surface area contributed by atoms with Gasteiger partial charge >= 0.3 is 0 Å². The summed E-state index contributed by atoms with van der Waals surface area (Å²) < 4.78 is 26.7. The van der Waals surface area contributed by atoms with Crippen molar-refractivity contribution in [1.82, 2.24) is 14.5 Å². The van der Waals surface area contributed by atoms with Gasteiger partial charge < -0.3 is 10.2 Å². The van der Waals surface area contributed by atoms with Crippen LogP contribution in [0.15, 0.2) is 29.2 Å². The van der Waals surface area contributed by atoms with Crippen LogP contribution in [0.4, 0.5) is 0 Å². The molecule has 142 valence electrons. The van der Waals surface area contributed by atoms with Crippen molar-refractivity contribution in [2.45, 2.75) is 43.7 Å². The molecule has 3 rings (SSSR count). The molecule has 26 heavy (non-hydrogen) atoms.